The number of fused-ring (bicyclic) bond motifs is 1. The fraction of sp³-hybridized carbons (Fsp3) is 0.308. The zero-order valence-electron chi connectivity index (χ0n) is 10.4. The first kappa shape index (κ1) is 13.7. The Hall–Kier alpha value is -1.24. The van der Waals surface area contributed by atoms with Gasteiger partial charge >= 0.3 is 0 Å². The number of hydrogen-bond donors (Lipinski definition) is 2. The summed E-state index contributed by atoms with van der Waals surface area (Å²) in [4.78, 5) is 3.02. The summed E-state index contributed by atoms with van der Waals surface area (Å²) in [5, 5.41) is -0.0674. The van der Waals surface area contributed by atoms with E-state index in [-0.39, 0.29) is 16.5 Å². The van der Waals surface area contributed by atoms with E-state index in [4.69, 9.17) is 29.6 Å². The number of aromatic nitrogens is 2. The maximum absolute atomic E-state index is 14.1. The van der Waals surface area contributed by atoms with Crippen molar-refractivity contribution in [2.24, 2.45) is 5.73 Å². The standard InChI is InChI=1S/C13H12ClF2N3S/c14-7-1-2-8(15)11(12(7)16)6-3-10-9(4-17)18-13(20)19(10)5-6/h1-2,6H,3-5,17H2,(H,18,20)/t6-/m1/s1. The number of H-pyrrole nitrogens is 1. The summed E-state index contributed by atoms with van der Waals surface area (Å²) in [7, 11) is 0. The van der Waals surface area contributed by atoms with Gasteiger partial charge in [-0.2, -0.15) is 0 Å². The van der Waals surface area contributed by atoms with Gasteiger partial charge in [0.25, 0.3) is 0 Å². The van der Waals surface area contributed by atoms with Crippen LogP contribution in [0.3, 0.4) is 0 Å². The summed E-state index contributed by atoms with van der Waals surface area (Å²) in [6.45, 7) is 0.748. The lowest BCUT2D eigenvalue weighted by Gasteiger charge is -2.13. The average Bonchev–Trinajstić information content (AvgIpc) is 2.96. The van der Waals surface area contributed by atoms with E-state index in [9.17, 15) is 8.78 Å². The summed E-state index contributed by atoms with van der Waals surface area (Å²) in [6.07, 6.45) is 0.494. The third-order valence-corrected chi connectivity index (χ3v) is 4.33. The first-order valence-corrected chi connectivity index (χ1v) is 6.95. The number of nitrogens with one attached hydrogen (secondary N) is 1. The lowest BCUT2D eigenvalue weighted by atomic mass is 9.95. The Kier molecular flexibility index (Phi) is 3.40. The van der Waals surface area contributed by atoms with Crippen LogP contribution in [0.4, 0.5) is 8.78 Å². The van der Waals surface area contributed by atoms with E-state index in [1.807, 2.05) is 4.57 Å². The van der Waals surface area contributed by atoms with Gasteiger partial charge in [0, 0.05) is 30.3 Å². The molecule has 0 unspecified atom stereocenters. The molecule has 2 aromatic rings. The summed E-state index contributed by atoms with van der Waals surface area (Å²) in [6, 6.07) is 2.42. The van der Waals surface area contributed by atoms with Crippen molar-refractivity contribution in [2.75, 3.05) is 0 Å². The molecule has 0 bridgehead atoms. The van der Waals surface area contributed by atoms with Crippen molar-refractivity contribution in [3.8, 4) is 0 Å². The molecule has 1 aromatic carbocycles. The highest BCUT2D eigenvalue weighted by molar-refractivity contribution is 7.71. The third kappa shape index (κ3) is 1.99. The molecule has 106 valence electrons. The van der Waals surface area contributed by atoms with Gasteiger partial charge < -0.3 is 15.3 Å². The number of hydrogen-bond acceptors (Lipinski definition) is 2. The van der Waals surface area contributed by atoms with Gasteiger partial charge in [-0.05, 0) is 30.8 Å². The van der Waals surface area contributed by atoms with E-state index in [0.717, 1.165) is 11.4 Å². The summed E-state index contributed by atoms with van der Waals surface area (Å²) in [5.74, 6) is -1.58. The molecular weight excluding hydrogens is 304 g/mol. The second-order valence-electron chi connectivity index (χ2n) is 4.83. The third-order valence-electron chi connectivity index (χ3n) is 3.71. The maximum atomic E-state index is 14.1. The summed E-state index contributed by atoms with van der Waals surface area (Å²) in [5.41, 5.74) is 7.41. The monoisotopic (exact) mass is 315 g/mol. The molecule has 3 N–H and O–H groups in total. The number of halogens is 3. The molecular formula is C13H12ClF2N3S. The minimum Gasteiger partial charge on any atom is -0.333 e. The predicted molar refractivity (Wildman–Crippen MR) is 75.3 cm³/mol. The van der Waals surface area contributed by atoms with Gasteiger partial charge in [0.15, 0.2) is 4.77 Å². The Labute approximate surface area is 124 Å². The lowest BCUT2D eigenvalue weighted by Crippen LogP contribution is -2.08. The van der Waals surface area contributed by atoms with Crippen LogP contribution in [0.5, 0.6) is 0 Å². The molecule has 0 saturated carbocycles. The van der Waals surface area contributed by atoms with E-state index in [1.165, 1.54) is 12.1 Å². The molecule has 2 heterocycles. The lowest BCUT2D eigenvalue weighted by molar-refractivity contribution is 0.513. The number of imidazole rings is 1. The minimum atomic E-state index is -0.688. The fourth-order valence-corrected chi connectivity index (χ4v) is 3.25. The van der Waals surface area contributed by atoms with E-state index in [1.54, 1.807) is 0 Å². The molecule has 0 radical (unpaired) electrons. The molecule has 0 saturated heterocycles. The van der Waals surface area contributed by atoms with Crippen molar-refractivity contribution < 1.29 is 8.78 Å². The molecule has 0 aliphatic carbocycles. The molecule has 1 aromatic heterocycles. The second-order valence-corrected chi connectivity index (χ2v) is 5.62. The minimum absolute atomic E-state index is 0.0265. The molecule has 1 atom stereocenters. The fourth-order valence-electron chi connectivity index (χ4n) is 2.78. The molecule has 20 heavy (non-hydrogen) atoms. The van der Waals surface area contributed by atoms with Crippen molar-refractivity contribution in [3.05, 3.63) is 50.5 Å². The Balaban J connectivity index is 2.05. The number of nitrogens with zero attached hydrogens (tertiary/aromatic N) is 1. The number of nitrogens with two attached hydrogens (primary N) is 1. The van der Waals surface area contributed by atoms with Crippen LogP contribution in [0.25, 0.3) is 0 Å². The number of rotatable bonds is 2. The first-order valence-electron chi connectivity index (χ1n) is 6.17. The van der Waals surface area contributed by atoms with Crippen molar-refractivity contribution in [3.63, 3.8) is 0 Å². The molecule has 3 rings (SSSR count). The van der Waals surface area contributed by atoms with Crippen LogP contribution in [-0.4, -0.2) is 9.55 Å². The Morgan fingerprint density at radius 3 is 2.90 bits per heavy atom. The molecule has 0 fully saturated rings. The molecule has 7 heteroatoms. The first-order chi connectivity index (χ1) is 9.52. The second kappa shape index (κ2) is 4.95. The van der Waals surface area contributed by atoms with Crippen molar-refractivity contribution in [1.82, 2.24) is 9.55 Å². The van der Waals surface area contributed by atoms with E-state index < -0.39 is 11.6 Å². The van der Waals surface area contributed by atoms with Crippen LogP contribution < -0.4 is 5.73 Å². The van der Waals surface area contributed by atoms with E-state index in [0.29, 0.717) is 24.3 Å². The van der Waals surface area contributed by atoms with Crippen LogP contribution >= 0.6 is 23.8 Å². The van der Waals surface area contributed by atoms with Gasteiger partial charge in [0.05, 0.1) is 10.7 Å². The maximum Gasteiger partial charge on any atom is 0.177 e. The Bertz CT molecular complexity index is 738. The Morgan fingerprint density at radius 1 is 1.45 bits per heavy atom. The van der Waals surface area contributed by atoms with E-state index >= 15 is 0 Å². The Morgan fingerprint density at radius 2 is 2.20 bits per heavy atom. The van der Waals surface area contributed by atoms with Gasteiger partial charge in [-0.25, -0.2) is 8.78 Å². The van der Waals surface area contributed by atoms with Gasteiger partial charge in [-0.1, -0.05) is 11.6 Å². The largest absolute Gasteiger partial charge is 0.333 e. The quantitative estimate of drug-likeness (QED) is 0.660. The summed E-state index contributed by atoms with van der Waals surface area (Å²) >= 11 is 10.9. The van der Waals surface area contributed by atoms with Crippen LogP contribution in [0.2, 0.25) is 5.02 Å². The average molecular weight is 316 g/mol. The normalized spacial score (nSPS) is 17.5. The van der Waals surface area contributed by atoms with Crippen molar-refractivity contribution >= 4 is 23.8 Å². The van der Waals surface area contributed by atoms with E-state index in [2.05, 4.69) is 4.98 Å². The smallest absolute Gasteiger partial charge is 0.177 e. The highest BCUT2D eigenvalue weighted by atomic mass is 35.5. The van der Waals surface area contributed by atoms with Gasteiger partial charge in [0.2, 0.25) is 0 Å². The molecule has 1 aliphatic rings. The predicted octanol–water partition coefficient (Wildman–Crippen LogP) is 3.28. The highest BCUT2D eigenvalue weighted by Crippen LogP contribution is 2.36. The number of benzene rings is 1. The number of aromatic amines is 1. The van der Waals surface area contributed by atoms with Crippen LogP contribution in [0.15, 0.2) is 12.1 Å². The SMILES string of the molecule is NCc1[nH]c(=S)n2c1C[C@@H](c1c(F)ccc(Cl)c1F)C2. The van der Waals surface area contributed by atoms with Crippen LogP contribution in [-0.2, 0) is 19.5 Å². The molecule has 1 aliphatic heterocycles. The van der Waals surface area contributed by atoms with Crippen molar-refractivity contribution in [2.45, 2.75) is 25.4 Å². The van der Waals surface area contributed by atoms with Gasteiger partial charge in [0.1, 0.15) is 11.6 Å². The zero-order chi connectivity index (χ0) is 14.4. The molecule has 0 spiro atoms. The molecule has 0 amide bonds. The summed E-state index contributed by atoms with van der Waals surface area (Å²) < 4.78 is 30.4. The zero-order valence-corrected chi connectivity index (χ0v) is 12.0. The molecule has 3 nitrogen and oxygen atoms in total. The van der Waals surface area contributed by atoms with Gasteiger partial charge in [-0.15, -0.1) is 0 Å². The van der Waals surface area contributed by atoms with Crippen LogP contribution in [0.1, 0.15) is 22.9 Å². The highest BCUT2D eigenvalue weighted by Gasteiger charge is 2.31. The van der Waals surface area contributed by atoms with Gasteiger partial charge in [-0.3, -0.25) is 0 Å². The van der Waals surface area contributed by atoms with Crippen LogP contribution in [0, 0.1) is 16.4 Å². The topological polar surface area (TPSA) is 46.7 Å². The van der Waals surface area contributed by atoms with Crippen molar-refractivity contribution in [1.29, 1.82) is 0 Å².